The molecule has 3 saturated carbocycles. The van der Waals surface area contributed by atoms with E-state index >= 15 is 0 Å². The zero-order chi connectivity index (χ0) is 41.0. The maximum Gasteiger partial charge on any atom is 0.338 e. The van der Waals surface area contributed by atoms with E-state index in [0.717, 1.165) is 56.2 Å². The SMILES string of the molecule is CCC(=O)OC1CCC2C3CCC4=CC(=O)CCC4(C)C3CCC12C.O=C(OC1Cc2c(O)cc(O)cc2OC1c1ccc(O)c(O)c1)c1cc(O)c(O)c(O)c1. The van der Waals surface area contributed by atoms with Gasteiger partial charge in [0.25, 0.3) is 0 Å². The first kappa shape index (κ1) is 39.6. The van der Waals surface area contributed by atoms with Crippen LogP contribution in [-0.4, -0.2) is 65.7 Å². The van der Waals surface area contributed by atoms with Crippen molar-refractivity contribution in [1.82, 2.24) is 0 Å². The van der Waals surface area contributed by atoms with Gasteiger partial charge in [-0.15, -0.1) is 0 Å². The summed E-state index contributed by atoms with van der Waals surface area (Å²) in [6.07, 6.45) is 9.14. The first-order valence-corrected chi connectivity index (χ1v) is 19.6. The van der Waals surface area contributed by atoms with Crippen LogP contribution in [0.3, 0.4) is 0 Å². The maximum atomic E-state index is 12.7. The van der Waals surface area contributed by atoms with E-state index in [1.165, 1.54) is 49.1 Å². The summed E-state index contributed by atoms with van der Waals surface area (Å²) in [6.45, 7) is 6.69. The number of ether oxygens (including phenoxy) is 3. The molecule has 3 fully saturated rings. The summed E-state index contributed by atoms with van der Waals surface area (Å²) in [7, 11) is 0. The summed E-state index contributed by atoms with van der Waals surface area (Å²) in [4.78, 5) is 36.5. The molecule has 1 heterocycles. The summed E-state index contributed by atoms with van der Waals surface area (Å²) in [5.41, 5.74) is 2.15. The fraction of sp³-hybridized carbons (Fsp3) is 0.477. The van der Waals surface area contributed by atoms with Crippen LogP contribution in [0.5, 0.6) is 46.0 Å². The largest absolute Gasteiger partial charge is 0.508 e. The Bertz CT molecular complexity index is 2100. The molecule has 8 atom stereocenters. The highest BCUT2D eigenvalue weighted by Crippen LogP contribution is 2.65. The molecule has 1 aliphatic heterocycles. The molecule has 8 rings (SSSR count). The normalized spacial score (nSPS) is 29.8. The van der Waals surface area contributed by atoms with Crippen LogP contribution in [0.15, 0.2) is 54.1 Å². The van der Waals surface area contributed by atoms with Crippen molar-refractivity contribution in [2.24, 2.45) is 28.6 Å². The first-order chi connectivity index (χ1) is 27.0. The summed E-state index contributed by atoms with van der Waals surface area (Å²) in [5.74, 6) is -2.02. The molecular formula is C44H50O13. The van der Waals surface area contributed by atoms with E-state index in [4.69, 9.17) is 14.2 Å². The van der Waals surface area contributed by atoms with Gasteiger partial charge >= 0.3 is 11.9 Å². The number of esters is 2. The molecule has 13 heteroatoms. The smallest absolute Gasteiger partial charge is 0.338 e. The molecule has 304 valence electrons. The minimum atomic E-state index is -1.06. The number of benzene rings is 3. The Hall–Kier alpha value is -5.59. The van der Waals surface area contributed by atoms with E-state index in [9.17, 15) is 50.1 Å². The van der Waals surface area contributed by atoms with Gasteiger partial charge in [0, 0.05) is 47.9 Å². The second kappa shape index (κ2) is 15.1. The number of aromatic hydroxyl groups is 7. The van der Waals surface area contributed by atoms with Crippen molar-refractivity contribution in [1.29, 1.82) is 0 Å². The Morgan fingerprint density at radius 3 is 2.23 bits per heavy atom. The lowest BCUT2D eigenvalue weighted by molar-refractivity contribution is -0.159. The molecule has 57 heavy (non-hydrogen) atoms. The zero-order valence-electron chi connectivity index (χ0n) is 32.2. The molecule has 7 N–H and O–H groups in total. The van der Waals surface area contributed by atoms with Crippen molar-refractivity contribution in [3.63, 3.8) is 0 Å². The highest BCUT2D eigenvalue weighted by molar-refractivity contribution is 5.92. The van der Waals surface area contributed by atoms with Gasteiger partial charge < -0.3 is 50.0 Å². The van der Waals surface area contributed by atoms with Crippen molar-refractivity contribution in [2.45, 2.75) is 103 Å². The van der Waals surface area contributed by atoms with Crippen LogP contribution >= 0.6 is 0 Å². The standard InChI is InChI=1S/C22H18O10.C22H32O3/c23-11-6-14(25)12-8-19(32-22(30)10-4-16(27)20(29)17(28)5-10)21(31-18(12)7-11)9-1-2-13(24)15(26)3-9;1-4-20(24)25-19-8-7-17-16-6-5-14-13-15(23)9-11-21(14,2)18(16)10-12-22(17,19)3/h1-7,19,21,23-29H,8H2;13,16-19H,4-12H2,1-3H3. The number of allylic oxidation sites excluding steroid dienone is 1. The van der Waals surface area contributed by atoms with Gasteiger partial charge in [-0.1, -0.05) is 32.4 Å². The maximum absolute atomic E-state index is 12.7. The quantitative estimate of drug-likeness (QED) is 0.0993. The third-order valence-electron chi connectivity index (χ3n) is 13.5. The number of carbonyl (C=O) groups excluding carboxylic acids is 3. The fourth-order valence-electron chi connectivity index (χ4n) is 10.4. The monoisotopic (exact) mass is 786 g/mol. The Balaban J connectivity index is 0.000000179. The number of hydrogen-bond acceptors (Lipinski definition) is 13. The molecule has 3 aromatic rings. The van der Waals surface area contributed by atoms with Crippen molar-refractivity contribution in [3.05, 3.63) is 70.8 Å². The molecule has 3 aromatic carbocycles. The van der Waals surface area contributed by atoms with Gasteiger partial charge in [0.2, 0.25) is 0 Å². The average Bonchev–Trinajstić information content (AvgIpc) is 3.50. The molecule has 0 bridgehead atoms. The van der Waals surface area contributed by atoms with Crippen LogP contribution in [0.2, 0.25) is 0 Å². The summed E-state index contributed by atoms with van der Waals surface area (Å²) < 4.78 is 17.2. The van der Waals surface area contributed by atoms with Crippen molar-refractivity contribution < 1.29 is 64.3 Å². The number of ketones is 1. The van der Waals surface area contributed by atoms with E-state index in [0.29, 0.717) is 29.6 Å². The molecule has 0 amide bonds. The van der Waals surface area contributed by atoms with Gasteiger partial charge in [-0.2, -0.15) is 0 Å². The number of phenolic OH excluding ortho intramolecular Hbond substituents is 7. The molecule has 0 saturated heterocycles. The predicted octanol–water partition coefficient (Wildman–Crippen LogP) is 7.37. The van der Waals surface area contributed by atoms with E-state index in [-0.39, 0.29) is 63.4 Å². The molecule has 0 spiro atoms. The minimum Gasteiger partial charge on any atom is -0.508 e. The van der Waals surface area contributed by atoms with E-state index < -0.39 is 41.2 Å². The Morgan fingerprint density at radius 1 is 0.789 bits per heavy atom. The lowest BCUT2D eigenvalue weighted by atomic mass is 9.47. The molecular weight excluding hydrogens is 736 g/mol. The van der Waals surface area contributed by atoms with Gasteiger partial charge in [-0.05, 0) is 98.5 Å². The first-order valence-electron chi connectivity index (χ1n) is 19.6. The highest BCUT2D eigenvalue weighted by atomic mass is 16.6. The number of carbonyl (C=O) groups is 3. The van der Waals surface area contributed by atoms with E-state index in [1.54, 1.807) is 0 Å². The molecule has 4 aliphatic carbocycles. The second-order valence-electron chi connectivity index (χ2n) is 16.7. The van der Waals surface area contributed by atoms with Crippen LogP contribution < -0.4 is 4.74 Å². The van der Waals surface area contributed by atoms with Gasteiger partial charge in [0.05, 0.1) is 5.56 Å². The lowest BCUT2D eigenvalue weighted by Crippen LogP contribution is -2.51. The Labute approximate surface area is 330 Å². The number of phenols is 7. The summed E-state index contributed by atoms with van der Waals surface area (Å²) >= 11 is 0. The second-order valence-corrected chi connectivity index (χ2v) is 16.7. The van der Waals surface area contributed by atoms with Gasteiger partial charge in [-0.25, -0.2) is 4.79 Å². The van der Waals surface area contributed by atoms with E-state index in [2.05, 4.69) is 13.8 Å². The minimum absolute atomic E-state index is 0.0411. The third-order valence-corrected chi connectivity index (χ3v) is 13.5. The van der Waals surface area contributed by atoms with Crippen LogP contribution in [0.25, 0.3) is 0 Å². The Morgan fingerprint density at radius 2 is 1.53 bits per heavy atom. The van der Waals surface area contributed by atoms with Gasteiger partial charge in [0.1, 0.15) is 29.5 Å². The van der Waals surface area contributed by atoms with Crippen LogP contribution in [-0.2, 0) is 25.5 Å². The molecule has 13 nitrogen and oxygen atoms in total. The van der Waals surface area contributed by atoms with Gasteiger partial charge in [-0.3, -0.25) is 9.59 Å². The molecule has 0 radical (unpaired) electrons. The zero-order valence-corrected chi connectivity index (χ0v) is 32.2. The van der Waals surface area contributed by atoms with Crippen molar-refractivity contribution in [3.8, 4) is 46.0 Å². The van der Waals surface area contributed by atoms with Crippen LogP contribution in [0.4, 0.5) is 0 Å². The Kier molecular flexibility index (Phi) is 10.5. The number of fused-ring (bicyclic) bond motifs is 6. The van der Waals surface area contributed by atoms with Crippen LogP contribution in [0.1, 0.15) is 106 Å². The predicted molar refractivity (Wildman–Crippen MR) is 204 cm³/mol. The third kappa shape index (κ3) is 7.28. The topological polar surface area (TPSA) is 221 Å². The average molecular weight is 787 g/mol. The summed E-state index contributed by atoms with van der Waals surface area (Å²) in [6, 6.07) is 8.07. The van der Waals surface area contributed by atoms with Crippen LogP contribution in [0, 0.1) is 28.6 Å². The number of hydrogen-bond donors (Lipinski definition) is 7. The number of rotatable bonds is 5. The van der Waals surface area contributed by atoms with Crippen molar-refractivity contribution >= 4 is 17.7 Å². The fourth-order valence-corrected chi connectivity index (χ4v) is 10.4. The van der Waals surface area contributed by atoms with Crippen molar-refractivity contribution in [2.75, 3.05) is 0 Å². The summed E-state index contributed by atoms with van der Waals surface area (Å²) in [5, 5.41) is 68.2. The highest BCUT2D eigenvalue weighted by Gasteiger charge is 2.60. The lowest BCUT2D eigenvalue weighted by Gasteiger charge is -2.57. The molecule has 0 aromatic heterocycles. The molecule has 5 aliphatic rings. The molecule has 8 unspecified atom stereocenters. The van der Waals surface area contributed by atoms with Gasteiger partial charge in [0.15, 0.2) is 40.6 Å². The van der Waals surface area contributed by atoms with E-state index in [1.807, 2.05) is 13.0 Å².